The van der Waals surface area contributed by atoms with Crippen molar-refractivity contribution >= 4 is 17.3 Å². The third-order valence-electron chi connectivity index (χ3n) is 2.73. The van der Waals surface area contributed by atoms with Crippen LogP contribution in [0, 0.1) is 11.9 Å². The number of fused-ring (bicyclic) bond motifs is 1. The summed E-state index contributed by atoms with van der Waals surface area (Å²) < 4.78 is 13.6. The van der Waals surface area contributed by atoms with Crippen molar-refractivity contribution in [3.05, 3.63) is 53.9 Å². The van der Waals surface area contributed by atoms with Crippen LogP contribution in [-0.2, 0) is 0 Å². The van der Waals surface area contributed by atoms with Gasteiger partial charge in [0.05, 0.1) is 11.8 Å². The van der Waals surface area contributed by atoms with Crippen LogP contribution in [-0.4, -0.2) is 17.8 Å². The highest BCUT2D eigenvalue weighted by Gasteiger charge is 2.25. The molecule has 1 aromatic carbocycles. The standard InChI is InChI=1S/C13H8FN2O/c14-10-4-2-1-3-9(10)8-5-6-11-12(7-8)16-13(17)15-11/h2-7,12H,(H,16,17). The third-order valence-corrected chi connectivity index (χ3v) is 2.73. The van der Waals surface area contributed by atoms with E-state index in [4.69, 9.17) is 0 Å². The van der Waals surface area contributed by atoms with Gasteiger partial charge in [-0.3, -0.25) is 0 Å². The van der Waals surface area contributed by atoms with Crippen LogP contribution in [0.1, 0.15) is 5.56 Å². The van der Waals surface area contributed by atoms with Gasteiger partial charge < -0.3 is 5.32 Å². The van der Waals surface area contributed by atoms with Gasteiger partial charge in [-0.15, -0.1) is 0 Å². The number of allylic oxidation sites excluding steroid dienone is 2. The zero-order valence-electron chi connectivity index (χ0n) is 8.77. The van der Waals surface area contributed by atoms with E-state index >= 15 is 0 Å². The Morgan fingerprint density at radius 1 is 1.41 bits per heavy atom. The molecule has 4 heteroatoms. The fourth-order valence-electron chi connectivity index (χ4n) is 1.92. The van der Waals surface area contributed by atoms with Crippen LogP contribution in [0.15, 0.2) is 41.4 Å². The molecule has 2 aliphatic rings. The van der Waals surface area contributed by atoms with Crippen LogP contribution < -0.4 is 5.32 Å². The molecular formula is C13H8FN2O. The summed E-state index contributed by atoms with van der Waals surface area (Å²) in [5.41, 5.74) is 1.87. The van der Waals surface area contributed by atoms with Crippen LogP contribution in [0.3, 0.4) is 0 Å². The normalized spacial score (nSPS) is 21.7. The maximum absolute atomic E-state index is 13.6. The molecule has 1 aliphatic heterocycles. The first kappa shape index (κ1) is 9.96. The summed E-state index contributed by atoms with van der Waals surface area (Å²) >= 11 is 0. The molecule has 0 aromatic heterocycles. The molecule has 1 atom stereocenters. The predicted molar refractivity (Wildman–Crippen MR) is 62.1 cm³/mol. The van der Waals surface area contributed by atoms with Gasteiger partial charge in [-0.25, -0.2) is 9.18 Å². The summed E-state index contributed by atoms with van der Waals surface area (Å²) in [5.74, 6) is -0.302. The molecule has 0 saturated carbocycles. The lowest BCUT2D eigenvalue weighted by atomic mass is 9.96. The van der Waals surface area contributed by atoms with E-state index in [1.807, 2.05) is 0 Å². The van der Waals surface area contributed by atoms with E-state index < -0.39 is 0 Å². The first-order chi connectivity index (χ1) is 8.24. The van der Waals surface area contributed by atoms with Gasteiger partial charge in [-0.05, 0) is 35.9 Å². The molecule has 2 amide bonds. The highest BCUT2D eigenvalue weighted by Crippen LogP contribution is 2.24. The summed E-state index contributed by atoms with van der Waals surface area (Å²) in [6.45, 7) is 0. The highest BCUT2D eigenvalue weighted by molar-refractivity contribution is 6.14. The number of amides is 2. The monoisotopic (exact) mass is 227 g/mol. The van der Waals surface area contributed by atoms with E-state index in [1.54, 1.807) is 24.3 Å². The molecule has 83 valence electrons. The molecule has 1 heterocycles. The van der Waals surface area contributed by atoms with Gasteiger partial charge in [0.15, 0.2) is 0 Å². The number of carbonyl (C=O) groups is 1. The fraction of sp³-hybridized carbons (Fsp3) is 0.0769. The van der Waals surface area contributed by atoms with Crippen LogP contribution in [0.4, 0.5) is 9.18 Å². The lowest BCUT2D eigenvalue weighted by Gasteiger charge is -2.14. The number of aliphatic imine (C=N–C) groups is 1. The third kappa shape index (κ3) is 1.67. The Morgan fingerprint density at radius 2 is 2.29 bits per heavy atom. The first-order valence-corrected chi connectivity index (χ1v) is 5.19. The molecule has 1 N–H and O–H groups in total. The van der Waals surface area contributed by atoms with E-state index in [0.29, 0.717) is 11.3 Å². The lowest BCUT2D eigenvalue weighted by molar-refractivity contribution is 0.251. The number of carbonyl (C=O) groups excluding carboxylic acids is 1. The van der Waals surface area contributed by atoms with Gasteiger partial charge >= 0.3 is 6.03 Å². The minimum absolute atomic E-state index is 0.248. The number of hydrogen-bond acceptors (Lipinski definition) is 1. The number of hydrogen-bond donors (Lipinski definition) is 1. The van der Waals surface area contributed by atoms with Crippen molar-refractivity contribution < 1.29 is 9.18 Å². The Hall–Kier alpha value is -2.23. The molecule has 1 aliphatic carbocycles. The lowest BCUT2D eigenvalue weighted by Crippen LogP contribution is -2.30. The molecule has 1 aromatic rings. The zero-order chi connectivity index (χ0) is 11.8. The van der Waals surface area contributed by atoms with E-state index in [2.05, 4.69) is 16.4 Å². The molecule has 0 fully saturated rings. The second-order valence-electron chi connectivity index (χ2n) is 3.83. The topological polar surface area (TPSA) is 41.5 Å². The summed E-state index contributed by atoms with van der Waals surface area (Å²) in [4.78, 5) is 14.9. The Balaban J connectivity index is 2.00. The number of urea groups is 1. The van der Waals surface area contributed by atoms with Crippen LogP contribution in [0.25, 0.3) is 5.57 Å². The molecule has 1 radical (unpaired) electrons. The van der Waals surface area contributed by atoms with Gasteiger partial charge in [-0.1, -0.05) is 12.1 Å². The molecule has 1 unspecified atom stereocenters. The summed E-state index contributed by atoms with van der Waals surface area (Å²) in [6, 6.07) is 6.71. The Morgan fingerprint density at radius 3 is 3.12 bits per heavy atom. The summed E-state index contributed by atoms with van der Waals surface area (Å²) in [7, 11) is 0. The number of nitrogens with one attached hydrogen (secondary N) is 1. The van der Waals surface area contributed by atoms with E-state index in [1.165, 1.54) is 12.1 Å². The predicted octanol–water partition coefficient (Wildman–Crippen LogP) is 2.11. The average molecular weight is 227 g/mol. The molecule has 0 saturated heterocycles. The Kier molecular flexibility index (Phi) is 2.14. The van der Waals surface area contributed by atoms with E-state index in [0.717, 1.165) is 5.57 Å². The molecule has 0 spiro atoms. The highest BCUT2D eigenvalue weighted by atomic mass is 19.1. The largest absolute Gasteiger partial charge is 0.342 e. The molecular weight excluding hydrogens is 219 g/mol. The van der Waals surface area contributed by atoms with Crippen LogP contribution in [0.2, 0.25) is 0 Å². The second-order valence-corrected chi connectivity index (χ2v) is 3.83. The Bertz CT molecular complexity index is 587. The Labute approximate surface area is 97.4 Å². The summed E-state index contributed by atoms with van der Waals surface area (Å²) in [5, 5.41) is 2.67. The minimum Gasteiger partial charge on any atom is -0.324 e. The number of benzene rings is 1. The first-order valence-electron chi connectivity index (χ1n) is 5.19. The van der Waals surface area contributed by atoms with Crippen molar-refractivity contribution in [2.45, 2.75) is 6.04 Å². The second kappa shape index (κ2) is 3.66. The maximum Gasteiger partial charge on any atom is 0.342 e. The minimum atomic E-state index is -0.354. The molecule has 3 rings (SSSR count). The van der Waals surface area contributed by atoms with Crippen LogP contribution in [0.5, 0.6) is 0 Å². The zero-order valence-corrected chi connectivity index (χ0v) is 8.77. The van der Waals surface area contributed by atoms with Crippen molar-refractivity contribution in [1.29, 1.82) is 0 Å². The van der Waals surface area contributed by atoms with Crippen LogP contribution >= 0.6 is 0 Å². The van der Waals surface area contributed by atoms with Crippen molar-refractivity contribution in [3.8, 4) is 0 Å². The van der Waals surface area contributed by atoms with Crippen molar-refractivity contribution in [2.75, 3.05) is 0 Å². The quantitative estimate of drug-likeness (QED) is 0.784. The molecule has 17 heavy (non-hydrogen) atoms. The maximum atomic E-state index is 13.6. The van der Waals surface area contributed by atoms with Gasteiger partial charge in [-0.2, -0.15) is 4.99 Å². The smallest absolute Gasteiger partial charge is 0.324 e. The number of halogens is 1. The van der Waals surface area contributed by atoms with Gasteiger partial charge in [0, 0.05) is 5.56 Å². The van der Waals surface area contributed by atoms with Crippen molar-refractivity contribution in [1.82, 2.24) is 5.32 Å². The fourth-order valence-corrected chi connectivity index (χ4v) is 1.92. The number of nitrogens with zero attached hydrogens (tertiary/aromatic N) is 1. The molecule has 3 nitrogen and oxygen atoms in total. The number of rotatable bonds is 1. The van der Waals surface area contributed by atoms with Crippen molar-refractivity contribution in [3.63, 3.8) is 0 Å². The molecule has 0 bridgehead atoms. The average Bonchev–Trinajstić information content (AvgIpc) is 2.68. The van der Waals surface area contributed by atoms with Crippen molar-refractivity contribution in [2.24, 2.45) is 4.99 Å². The van der Waals surface area contributed by atoms with Gasteiger partial charge in [0.25, 0.3) is 0 Å². The van der Waals surface area contributed by atoms with E-state index in [-0.39, 0.29) is 17.9 Å². The van der Waals surface area contributed by atoms with E-state index in [9.17, 15) is 9.18 Å². The van der Waals surface area contributed by atoms with Gasteiger partial charge in [0.2, 0.25) is 0 Å². The van der Waals surface area contributed by atoms with Gasteiger partial charge in [0.1, 0.15) is 5.82 Å². The SMILES string of the molecule is O=C1N=C2C=CC(c3c[c]ccc3F)=CC2N1. The summed E-state index contributed by atoms with van der Waals surface area (Å²) in [6.07, 6.45) is 5.27.